The normalized spacial score (nSPS) is 13.0. The minimum Gasteiger partial charge on any atom is -0.480 e. The number of carbonyl (C=O) groups is 2. The van der Waals surface area contributed by atoms with Crippen LogP contribution in [0.5, 0.6) is 0 Å². The van der Waals surface area contributed by atoms with Crippen LogP contribution >= 0.6 is 0 Å². The number of rotatable bonds is 7. The SMILES string of the molecule is CC(C)C[C@H](N)C(=O)O.O=C(O)[C@H](Cc1ccccc1)NF. The molecule has 0 unspecified atom stereocenters. The minimum absolute atomic E-state index is 0.146. The number of hydrogen-bond donors (Lipinski definition) is 4. The first-order valence-electron chi connectivity index (χ1n) is 6.89. The monoisotopic (exact) mass is 314 g/mol. The molecule has 0 heterocycles. The van der Waals surface area contributed by atoms with E-state index in [4.69, 9.17) is 15.9 Å². The molecular weight excluding hydrogens is 291 g/mol. The summed E-state index contributed by atoms with van der Waals surface area (Å²) in [5.74, 6) is -1.74. The van der Waals surface area contributed by atoms with Crippen LogP contribution in [-0.2, 0) is 16.0 Å². The van der Waals surface area contributed by atoms with Gasteiger partial charge in [0.1, 0.15) is 12.1 Å². The Labute approximate surface area is 129 Å². The Hall–Kier alpha value is -1.99. The van der Waals surface area contributed by atoms with Gasteiger partial charge in [0, 0.05) is 6.42 Å². The summed E-state index contributed by atoms with van der Waals surface area (Å²) in [6, 6.07) is 7.05. The summed E-state index contributed by atoms with van der Waals surface area (Å²) in [4.78, 5) is 20.5. The Balaban J connectivity index is 0.000000433. The van der Waals surface area contributed by atoms with Gasteiger partial charge in [-0.3, -0.25) is 9.59 Å². The number of aliphatic carboxylic acids is 2. The molecule has 0 saturated carbocycles. The zero-order chi connectivity index (χ0) is 17.1. The van der Waals surface area contributed by atoms with Crippen molar-refractivity contribution < 1.29 is 24.3 Å². The van der Waals surface area contributed by atoms with Gasteiger partial charge in [-0.15, -0.1) is 10.0 Å². The van der Waals surface area contributed by atoms with E-state index in [1.165, 1.54) is 5.54 Å². The molecule has 0 fully saturated rings. The van der Waals surface area contributed by atoms with Crippen LogP contribution in [-0.4, -0.2) is 34.2 Å². The Kier molecular flexibility index (Phi) is 9.73. The zero-order valence-electron chi connectivity index (χ0n) is 12.7. The average molecular weight is 314 g/mol. The first-order valence-corrected chi connectivity index (χ1v) is 6.89. The largest absolute Gasteiger partial charge is 0.480 e. The summed E-state index contributed by atoms with van der Waals surface area (Å²) in [5, 5.41) is 16.8. The smallest absolute Gasteiger partial charge is 0.323 e. The van der Waals surface area contributed by atoms with Gasteiger partial charge in [-0.1, -0.05) is 44.2 Å². The number of nitrogens with one attached hydrogen (secondary N) is 1. The summed E-state index contributed by atoms with van der Waals surface area (Å²) in [6.45, 7) is 3.89. The highest BCUT2D eigenvalue weighted by molar-refractivity contribution is 5.73. The van der Waals surface area contributed by atoms with Crippen LogP contribution in [0.15, 0.2) is 30.3 Å². The molecule has 0 saturated heterocycles. The van der Waals surface area contributed by atoms with Gasteiger partial charge in [-0.05, 0) is 17.9 Å². The minimum atomic E-state index is -1.19. The van der Waals surface area contributed by atoms with Crippen LogP contribution in [0.4, 0.5) is 4.48 Å². The number of hydrogen-bond acceptors (Lipinski definition) is 4. The van der Waals surface area contributed by atoms with Crippen molar-refractivity contribution in [3.8, 4) is 0 Å². The van der Waals surface area contributed by atoms with Gasteiger partial charge < -0.3 is 15.9 Å². The van der Waals surface area contributed by atoms with E-state index >= 15 is 0 Å². The molecule has 0 amide bonds. The molecular formula is C15H23FN2O4. The number of benzene rings is 1. The maximum absolute atomic E-state index is 12.0. The van der Waals surface area contributed by atoms with Gasteiger partial charge in [-0.2, -0.15) is 0 Å². The van der Waals surface area contributed by atoms with E-state index in [-0.39, 0.29) is 6.42 Å². The molecule has 5 N–H and O–H groups in total. The van der Waals surface area contributed by atoms with Crippen molar-refractivity contribution in [1.29, 1.82) is 0 Å². The van der Waals surface area contributed by atoms with E-state index in [1.54, 1.807) is 24.3 Å². The molecule has 1 aromatic rings. The lowest BCUT2D eigenvalue weighted by molar-refractivity contribution is -0.141. The van der Waals surface area contributed by atoms with Crippen molar-refractivity contribution in [2.45, 2.75) is 38.8 Å². The van der Waals surface area contributed by atoms with Gasteiger partial charge in [0.25, 0.3) is 0 Å². The lowest BCUT2D eigenvalue weighted by Gasteiger charge is -2.07. The molecule has 6 nitrogen and oxygen atoms in total. The van der Waals surface area contributed by atoms with E-state index in [2.05, 4.69) is 0 Å². The first-order chi connectivity index (χ1) is 10.3. The third-order valence-corrected chi connectivity index (χ3v) is 2.75. The second-order valence-electron chi connectivity index (χ2n) is 5.26. The molecule has 1 aromatic carbocycles. The fourth-order valence-corrected chi connectivity index (χ4v) is 1.63. The topological polar surface area (TPSA) is 113 Å². The molecule has 22 heavy (non-hydrogen) atoms. The quantitative estimate of drug-likeness (QED) is 0.569. The first kappa shape index (κ1) is 20.0. The molecule has 0 aliphatic rings. The van der Waals surface area contributed by atoms with Crippen LogP contribution in [0, 0.1) is 5.92 Å². The Morgan fingerprint density at radius 1 is 1.18 bits per heavy atom. The maximum Gasteiger partial charge on any atom is 0.323 e. The van der Waals surface area contributed by atoms with Gasteiger partial charge in [-0.25, -0.2) is 0 Å². The third kappa shape index (κ3) is 9.04. The summed E-state index contributed by atoms with van der Waals surface area (Å²) < 4.78 is 12.0. The Morgan fingerprint density at radius 2 is 1.73 bits per heavy atom. The summed E-state index contributed by atoms with van der Waals surface area (Å²) in [6.07, 6.45) is 0.696. The Morgan fingerprint density at radius 3 is 2.05 bits per heavy atom. The number of nitrogens with two attached hydrogens (primary N) is 1. The second kappa shape index (κ2) is 10.7. The molecule has 0 aliphatic heterocycles. The van der Waals surface area contributed by atoms with Gasteiger partial charge in [0.15, 0.2) is 0 Å². The summed E-state index contributed by atoms with van der Waals surface area (Å²) in [7, 11) is 0. The van der Waals surface area contributed by atoms with E-state index in [0.717, 1.165) is 5.56 Å². The van der Waals surface area contributed by atoms with Crippen LogP contribution in [0.25, 0.3) is 0 Å². The van der Waals surface area contributed by atoms with Crippen LogP contribution < -0.4 is 11.3 Å². The number of carboxylic acids is 2. The highest BCUT2D eigenvalue weighted by atomic mass is 19.2. The molecule has 2 atom stereocenters. The predicted molar refractivity (Wildman–Crippen MR) is 80.9 cm³/mol. The van der Waals surface area contributed by atoms with E-state index in [9.17, 15) is 14.1 Å². The molecule has 124 valence electrons. The van der Waals surface area contributed by atoms with Crippen molar-refractivity contribution in [2.24, 2.45) is 11.7 Å². The van der Waals surface area contributed by atoms with E-state index < -0.39 is 24.0 Å². The van der Waals surface area contributed by atoms with Gasteiger partial charge in [0.05, 0.1) is 0 Å². The lowest BCUT2D eigenvalue weighted by atomic mass is 10.1. The molecule has 0 spiro atoms. The number of carboxylic acid groups (broad SMARTS) is 2. The molecule has 0 radical (unpaired) electrons. The zero-order valence-corrected chi connectivity index (χ0v) is 12.7. The predicted octanol–water partition coefficient (Wildman–Crippen LogP) is 1.60. The summed E-state index contributed by atoms with van der Waals surface area (Å²) >= 11 is 0. The van der Waals surface area contributed by atoms with E-state index in [1.807, 2.05) is 19.9 Å². The average Bonchev–Trinajstić information content (AvgIpc) is 2.45. The van der Waals surface area contributed by atoms with Crippen LogP contribution in [0.1, 0.15) is 25.8 Å². The number of halogens is 1. The summed E-state index contributed by atoms with van der Waals surface area (Å²) in [5.41, 5.74) is 7.26. The van der Waals surface area contributed by atoms with Crippen LogP contribution in [0.2, 0.25) is 0 Å². The Bertz CT molecular complexity index is 454. The van der Waals surface area contributed by atoms with Crippen molar-refractivity contribution in [3.63, 3.8) is 0 Å². The maximum atomic E-state index is 12.0. The highest BCUT2D eigenvalue weighted by Crippen LogP contribution is 2.03. The molecule has 0 aromatic heterocycles. The van der Waals surface area contributed by atoms with Crippen molar-refractivity contribution >= 4 is 11.9 Å². The van der Waals surface area contributed by atoms with Gasteiger partial charge >= 0.3 is 11.9 Å². The molecule has 7 heteroatoms. The van der Waals surface area contributed by atoms with E-state index in [0.29, 0.717) is 12.3 Å². The third-order valence-electron chi connectivity index (χ3n) is 2.75. The molecule has 0 aliphatic carbocycles. The molecule has 0 bridgehead atoms. The van der Waals surface area contributed by atoms with Crippen molar-refractivity contribution in [1.82, 2.24) is 5.54 Å². The second-order valence-corrected chi connectivity index (χ2v) is 5.26. The lowest BCUT2D eigenvalue weighted by Crippen LogP contribution is -2.33. The van der Waals surface area contributed by atoms with Crippen molar-refractivity contribution in [3.05, 3.63) is 35.9 Å². The van der Waals surface area contributed by atoms with Crippen molar-refractivity contribution in [2.75, 3.05) is 0 Å². The standard InChI is InChI=1S/C9H10FNO2.C6H13NO2/c10-11-8(9(12)13)6-7-4-2-1-3-5-7;1-4(2)3-5(7)6(8)9/h1-5,8,11H,6H2,(H,12,13);4-5H,3,7H2,1-2H3,(H,8,9)/t8-;5-/m00/s1. The van der Waals surface area contributed by atoms with Crippen LogP contribution in [0.3, 0.4) is 0 Å². The highest BCUT2D eigenvalue weighted by Gasteiger charge is 2.16. The fraction of sp³-hybridized carbons (Fsp3) is 0.467. The fourth-order valence-electron chi connectivity index (χ4n) is 1.63. The molecule has 1 rings (SSSR count). The van der Waals surface area contributed by atoms with Gasteiger partial charge in [0.2, 0.25) is 0 Å².